The van der Waals surface area contributed by atoms with Gasteiger partial charge in [-0.2, -0.15) is 0 Å². The van der Waals surface area contributed by atoms with E-state index in [1.165, 1.54) is 12.8 Å². The maximum Gasteiger partial charge on any atom is 0.159 e. The second-order valence-corrected chi connectivity index (χ2v) is 8.41. The lowest BCUT2D eigenvalue weighted by atomic mass is 9.54. The fraction of sp³-hybridized carbons (Fsp3) is 0.737. The topological polar surface area (TPSA) is 37.3 Å². The smallest absolute Gasteiger partial charge is 0.159 e. The third kappa shape index (κ3) is 2.32. The lowest BCUT2D eigenvalue weighted by Gasteiger charge is -2.51. The van der Waals surface area contributed by atoms with E-state index in [0.717, 1.165) is 24.0 Å². The van der Waals surface area contributed by atoms with Gasteiger partial charge in [-0.1, -0.05) is 33.3 Å². The number of carbonyl (C=O) groups is 1. The van der Waals surface area contributed by atoms with Crippen LogP contribution in [-0.2, 0) is 4.79 Å². The number of fused-ring (bicyclic) bond motifs is 2. The lowest BCUT2D eigenvalue weighted by molar-refractivity contribution is -0.121. The molecule has 1 fully saturated rings. The molecule has 0 spiro atoms. The highest BCUT2D eigenvalue weighted by atomic mass is 16.3. The Labute approximate surface area is 128 Å². The van der Waals surface area contributed by atoms with Gasteiger partial charge in [0.25, 0.3) is 0 Å². The van der Waals surface area contributed by atoms with Gasteiger partial charge in [0.1, 0.15) is 0 Å². The molecule has 3 aliphatic carbocycles. The predicted octanol–water partition coefficient (Wildman–Crippen LogP) is 4.05. The maximum atomic E-state index is 12.7. The molecule has 0 aliphatic heterocycles. The Morgan fingerprint density at radius 2 is 2.05 bits per heavy atom. The monoisotopic (exact) mass is 288 g/mol. The number of Topliss-reactive ketones (excluding diaryl/α,β-unsaturated/α-hetero) is 1. The first-order valence-corrected chi connectivity index (χ1v) is 8.35. The molecular weight excluding hydrogens is 260 g/mol. The number of ketones is 1. The maximum absolute atomic E-state index is 12.7. The minimum atomic E-state index is -0.456. The van der Waals surface area contributed by atoms with Crippen LogP contribution in [0.4, 0.5) is 0 Å². The van der Waals surface area contributed by atoms with Gasteiger partial charge in [-0.15, -0.1) is 6.58 Å². The number of aliphatic hydroxyl groups excluding tert-OH is 1. The van der Waals surface area contributed by atoms with Crippen molar-refractivity contribution in [1.29, 1.82) is 0 Å². The van der Waals surface area contributed by atoms with Crippen LogP contribution in [0.2, 0.25) is 0 Å². The van der Waals surface area contributed by atoms with Crippen LogP contribution in [0.1, 0.15) is 59.3 Å². The third-order valence-electron chi connectivity index (χ3n) is 6.41. The van der Waals surface area contributed by atoms with E-state index in [4.69, 9.17) is 0 Å². The minimum absolute atomic E-state index is 0.134. The molecule has 0 heterocycles. The van der Waals surface area contributed by atoms with Crippen LogP contribution >= 0.6 is 0 Å². The quantitative estimate of drug-likeness (QED) is 0.739. The van der Waals surface area contributed by atoms with E-state index in [2.05, 4.69) is 27.4 Å². The summed E-state index contributed by atoms with van der Waals surface area (Å²) in [5.41, 5.74) is 2.12. The normalized spacial score (nSPS) is 42.3. The van der Waals surface area contributed by atoms with Crippen LogP contribution < -0.4 is 0 Å². The standard InChI is InChI=1S/C19H28O2/c1-5-19(4)10-13-15(20)9-14-12(17(13)16(21)11-19)7-6-8-18(14,2)3/h5,12,14,16,21H,1,6-11H2,2-4H3/t12-,14-,16-,19+/m0/s1. The van der Waals surface area contributed by atoms with E-state index in [9.17, 15) is 9.90 Å². The van der Waals surface area contributed by atoms with Crippen LogP contribution in [0.5, 0.6) is 0 Å². The molecule has 3 aliphatic rings. The summed E-state index contributed by atoms with van der Waals surface area (Å²) >= 11 is 0. The molecule has 0 unspecified atom stereocenters. The Kier molecular flexibility index (Phi) is 3.44. The highest BCUT2D eigenvalue weighted by Gasteiger charge is 2.50. The van der Waals surface area contributed by atoms with Crippen molar-refractivity contribution in [3.8, 4) is 0 Å². The lowest BCUT2D eigenvalue weighted by Crippen LogP contribution is -2.46. The van der Waals surface area contributed by atoms with Crippen molar-refractivity contribution in [3.05, 3.63) is 23.8 Å². The van der Waals surface area contributed by atoms with E-state index in [1.54, 1.807) is 0 Å². The molecule has 1 saturated carbocycles. The molecule has 3 rings (SSSR count). The summed E-state index contributed by atoms with van der Waals surface area (Å²) in [4.78, 5) is 12.7. The number of allylic oxidation sites excluding steroid dienone is 2. The van der Waals surface area contributed by atoms with Crippen molar-refractivity contribution in [2.45, 2.75) is 65.4 Å². The Hall–Kier alpha value is -0.890. The van der Waals surface area contributed by atoms with Crippen LogP contribution in [0.3, 0.4) is 0 Å². The van der Waals surface area contributed by atoms with Gasteiger partial charge in [0, 0.05) is 6.42 Å². The number of hydrogen-bond acceptors (Lipinski definition) is 2. The molecule has 0 radical (unpaired) electrons. The highest BCUT2D eigenvalue weighted by Crippen LogP contribution is 2.55. The zero-order valence-corrected chi connectivity index (χ0v) is 13.6. The van der Waals surface area contributed by atoms with Gasteiger partial charge in [-0.3, -0.25) is 4.79 Å². The zero-order valence-electron chi connectivity index (χ0n) is 13.6. The van der Waals surface area contributed by atoms with E-state index in [1.807, 2.05) is 6.08 Å². The molecule has 0 bridgehead atoms. The average molecular weight is 288 g/mol. The molecular formula is C19H28O2. The van der Waals surface area contributed by atoms with E-state index >= 15 is 0 Å². The molecule has 0 aromatic rings. The fourth-order valence-electron chi connectivity index (χ4n) is 5.04. The summed E-state index contributed by atoms with van der Waals surface area (Å²) in [7, 11) is 0. The van der Waals surface area contributed by atoms with E-state index in [-0.39, 0.29) is 16.6 Å². The third-order valence-corrected chi connectivity index (χ3v) is 6.41. The van der Waals surface area contributed by atoms with Gasteiger partial charge in [-0.05, 0) is 59.5 Å². The first-order chi connectivity index (χ1) is 9.77. The number of carbonyl (C=O) groups excluding carboxylic acids is 1. The molecule has 116 valence electrons. The fourth-order valence-corrected chi connectivity index (χ4v) is 5.04. The highest BCUT2D eigenvalue weighted by molar-refractivity contribution is 5.98. The molecule has 21 heavy (non-hydrogen) atoms. The van der Waals surface area contributed by atoms with Crippen LogP contribution in [0, 0.1) is 22.7 Å². The largest absolute Gasteiger partial charge is 0.389 e. The molecule has 2 nitrogen and oxygen atoms in total. The van der Waals surface area contributed by atoms with Gasteiger partial charge in [0.15, 0.2) is 5.78 Å². The van der Waals surface area contributed by atoms with Gasteiger partial charge in [0.2, 0.25) is 0 Å². The molecule has 0 amide bonds. The first kappa shape index (κ1) is 15.0. The first-order valence-electron chi connectivity index (χ1n) is 8.35. The summed E-state index contributed by atoms with van der Waals surface area (Å²) in [5.74, 6) is 1.12. The summed E-state index contributed by atoms with van der Waals surface area (Å²) in [6.45, 7) is 10.6. The molecule has 2 heteroatoms. The van der Waals surface area contributed by atoms with Gasteiger partial charge >= 0.3 is 0 Å². The van der Waals surface area contributed by atoms with E-state index in [0.29, 0.717) is 24.7 Å². The van der Waals surface area contributed by atoms with Crippen molar-refractivity contribution in [3.63, 3.8) is 0 Å². The second kappa shape index (κ2) is 4.81. The second-order valence-electron chi connectivity index (χ2n) is 8.41. The number of aliphatic hydroxyl groups is 1. The summed E-state index contributed by atoms with van der Waals surface area (Å²) in [6, 6.07) is 0. The Bertz CT molecular complexity index is 514. The number of hydrogen-bond donors (Lipinski definition) is 1. The zero-order chi connectivity index (χ0) is 15.4. The summed E-state index contributed by atoms with van der Waals surface area (Å²) in [6.07, 6.45) is 7.18. The molecule has 1 N–H and O–H groups in total. The van der Waals surface area contributed by atoms with Crippen LogP contribution in [0.15, 0.2) is 23.8 Å². The Balaban J connectivity index is 2.04. The van der Waals surface area contributed by atoms with Crippen molar-refractivity contribution in [1.82, 2.24) is 0 Å². The minimum Gasteiger partial charge on any atom is -0.389 e. The Morgan fingerprint density at radius 3 is 2.71 bits per heavy atom. The van der Waals surface area contributed by atoms with Crippen molar-refractivity contribution >= 4 is 5.78 Å². The predicted molar refractivity (Wildman–Crippen MR) is 84.8 cm³/mol. The SMILES string of the molecule is C=C[C@]1(C)CC2=C([C@H]3CCCC(C)(C)[C@H]3CC2=O)[C@@H](O)C1. The van der Waals surface area contributed by atoms with Gasteiger partial charge in [0.05, 0.1) is 6.10 Å². The average Bonchev–Trinajstić information content (AvgIpc) is 2.40. The van der Waals surface area contributed by atoms with Crippen molar-refractivity contribution < 1.29 is 9.90 Å². The van der Waals surface area contributed by atoms with E-state index < -0.39 is 6.10 Å². The summed E-state index contributed by atoms with van der Waals surface area (Å²) < 4.78 is 0. The summed E-state index contributed by atoms with van der Waals surface area (Å²) in [5, 5.41) is 10.7. The number of rotatable bonds is 1. The molecule has 4 atom stereocenters. The van der Waals surface area contributed by atoms with Crippen LogP contribution in [-0.4, -0.2) is 17.0 Å². The molecule has 0 aromatic carbocycles. The Morgan fingerprint density at radius 1 is 1.33 bits per heavy atom. The van der Waals surface area contributed by atoms with Crippen molar-refractivity contribution in [2.75, 3.05) is 0 Å². The molecule has 0 saturated heterocycles. The molecule has 0 aromatic heterocycles. The van der Waals surface area contributed by atoms with Gasteiger partial charge in [-0.25, -0.2) is 0 Å². The van der Waals surface area contributed by atoms with Crippen LogP contribution in [0.25, 0.3) is 0 Å². The van der Waals surface area contributed by atoms with Crippen molar-refractivity contribution in [2.24, 2.45) is 22.7 Å². The van der Waals surface area contributed by atoms with Gasteiger partial charge < -0.3 is 5.11 Å².